The van der Waals surface area contributed by atoms with E-state index in [-0.39, 0.29) is 12.7 Å². The second kappa shape index (κ2) is 5.81. The number of carbonyl (C=O) groups is 1. The summed E-state index contributed by atoms with van der Waals surface area (Å²) >= 11 is 0. The number of pyridine rings is 1. The van der Waals surface area contributed by atoms with Gasteiger partial charge in [0.05, 0.1) is 17.7 Å². The van der Waals surface area contributed by atoms with Gasteiger partial charge in [-0.25, -0.2) is 18.6 Å². The van der Waals surface area contributed by atoms with Crippen LogP contribution in [-0.2, 0) is 10.9 Å². The maximum absolute atomic E-state index is 12.6. The van der Waals surface area contributed by atoms with Crippen LogP contribution >= 0.6 is 0 Å². The maximum Gasteiger partial charge on any atom is 0.418 e. The Morgan fingerprint density at radius 1 is 1.50 bits per heavy atom. The van der Waals surface area contributed by atoms with Gasteiger partial charge in [-0.15, -0.1) is 0 Å². The minimum Gasteiger partial charge on any atom is -0.461 e. The lowest BCUT2D eigenvalue weighted by Crippen LogP contribution is -2.17. The van der Waals surface area contributed by atoms with Gasteiger partial charge in [0.25, 0.3) is 6.43 Å². The van der Waals surface area contributed by atoms with Crippen molar-refractivity contribution in [3.8, 4) is 6.07 Å². The molecule has 0 fully saturated rings. The molecule has 108 valence electrons. The number of hydrogen-bond donors (Lipinski definition) is 0. The van der Waals surface area contributed by atoms with Crippen LogP contribution in [0.25, 0.3) is 0 Å². The average molecular weight is 294 g/mol. The molecule has 0 radical (unpaired) electrons. The highest BCUT2D eigenvalue weighted by Gasteiger charge is 2.38. The Kier molecular flexibility index (Phi) is 4.60. The van der Waals surface area contributed by atoms with Crippen molar-refractivity contribution in [1.29, 1.82) is 5.26 Å². The van der Waals surface area contributed by atoms with E-state index in [0.29, 0.717) is 0 Å². The standard InChI is InChI=1S/C11H7F5N2O2/c1-2-20-10(19)7-5(4-17)3-6(11(14,15)16)8(18-7)9(12)13/h3,9H,2H2,1H3. The van der Waals surface area contributed by atoms with Crippen molar-refractivity contribution in [1.82, 2.24) is 4.98 Å². The predicted molar refractivity (Wildman–Crippen MR) is 54.9 cm³/mol. The molecule has 1 heterocycles. The number of aromatic nitrogens is 1. The fraction of sp³-hybridized carbons (Fsp3) is 0.364. The quantitative estimate of drug-likeness (QED) is 0.635. The molecule has 0 saturated heterocycles. The topological polar surface area (TPSA) is 63.0 Å². The summed E-state index contributed by atoms with van der Waals surface area (Å²) in [5.74, 6) is -1.24. The third-order valence-corrected chi connectivity index (χ3v) is 2.15. The van der Waals surface area contributed by atoms with Crippen molar-refractivity contribution in [3.05, 3.63) is 28.6 Å². The van der Waals surface area contributed by atoms with Gasteiger partial charge < -0.3 is 4.74 Å². The Morgan fingerprint density at radius 2 is 2.10 bits per heavy atom. The number of carbonyl (C=O) groups excluding carboxylic acids is 1. The first-order chi connectivity index (χ1) is 9.22. The molecule has 0 bridgehead atoms. The summed E-state index contributed by atoms with van der Waals surface area (Å²) in [5.41, 5.74) is -5.01. The largest absolute Gasteiger partial charge is 0.461 e. The third-order valence-electron chi connectivity index (χ3n) is 2.15. The van der Waals surface area contributed by atoms with Gasteiger partial charge in [-0.05, 0) is 13.0 Å². The van der Waals surface area contributed by atoms with E-state index in [1.54, 1.807) is 0 Å². The lowest BCUT2D eigenvalue weighted by Gasteiger charge is -2.13. The number of halogens is 5. The van der Waals surface area contributed by atoms with Gasteiger partial charge in [0.2, 0.25) is 0 Å². The van der Waals surface area contributed by atoms with E-state index in [0.717, 1.165) is 0 Å². The van der Waals surface area contributed by atoms with Crippen LogP contribution in [0.2, 0.25) is 0 Å². The number of alkyl halides is 5. The first-order valence-corrected chi connectivity index (χ1v) is 5.19. The summed E-state index contributed by atoms with van der Waals surface area (Å²) in [6.45, 7) is 1.26. The van der Waals surface area contributed by atoms with Crippen LogP contribution in [0.1, 0.15) is 40.7 Å². The molecule has 1 aromatic rings. The minimum absolute atomic E-state index is 0.142. The molecule has 0 aliphatic heterocycles. The van der Waals surface area contributed by atoms with Crippen molar-refractivity contribution in [2.75, 3.05) is 6.61 Å². The molecular formula is C11H7F5N2O2. The molecule has 1 aromatic heterocycles. The van der Waals surface area contributed by atoms with Gasteiger partial charge in [-0.1, -0.05) is 0 Å². The van der Waals surface area contributed by atoms with Crippen LogP contribution in [-0.4, -0.2) is 17.6 Å². The van der Waals surface area contributed by atoms with Gasteiger partial charge in [-0.3, -0.25) is 0 Å². The second-order valence-corrected chi connectivity index (χ2v) is 3.45. The van der Waals surface area contributed by atoms with E-state index < -0.39 is 41.1 Å². The van der Waals surface area contributed by atoms with Gasteiger partial charge in [-0.2, -0.15) is 18.4 Å². The summed E-state index contributed by atoms with van der Waals surface area (Å²) in [7, 11) is 0. The van der Waals surface area contributed by atoms with E-state index >= 15 is 0 Å². The molecule has 0 aliphatic rings. The average Bonchev–Trinajstić information content (AvgIpc) is 2.36. The molecule has 0 aliphatic carbocycles. The normalized spacial score (nSPS) is 11.3. The van der Waals surface area contributed by atoms with Crippen molar-refractivity contribution in [2.24, 2.45) is 0 Å². The molecule has 20 heavy (non-hydrogen) atoms. The van der Waals surface area contributed by atoms with E-state index in [4.69, 9.17) is 5.26 Å². The third kappa shape index (κ3) is 3.20. The highest BCUT2D eigenvalue weighted by atomic mass is 19.4. The van der Waals surface area contributed by atoms with Crippen LogP contribution in [0, 0.1) is 11.3 Å². The van der Waals surface area contributed by atoms with E-state index in [9.17, 15) is 26.7 Å². The number of hydrogen-bond acceptors (Lipinski definition) is 4. The monoisotopic (exact) mass is 294 g/mol. The molecule has 0 atom stereocenters. The zero-order valence-corrected chi connectivity index (χ0v) is 9.96. The maximum atomic E-state index is 12.6. The molecule has 0 spiro atoms. The van der Waals surface area contributed by atoms with Crippen molar-refractivity contribution >= 4 is 5.97 Å². The molecule has 0 unspecified atom stereocenters. The Morgan fingerprint density at radius 3 is 2.50 bits per heavy atom. The summed E-state index contributed by atoms with van der Waals surface area (Å²) in [6.07, 6.45) is -8.66. The second-order valence-electron chi connectivity index (χ2n) is 3.45. The summed E-state index contributed by atoms with van der Waals surface area (Å²) in [4.78, 5) is 14.4. The fourth-order valence-electron chi connectivity index (χ4n) is 1.36. The van der Waals surface area contributed by atoms with E-state index in [1.807, 2.05) is 0 Å². The first-order valence-electron chi connectivity index (χ1n) is 5.19. The van der Waals surface area contributed by atoms with Crippen molar-refractivity contribution < 1.29 is 31.5 Å². The number of nitrogens with zero attached hydrogens (tertiary/aromatic N) is 2. The van der Waals surface area contributed by atoms with Crippen LogP contribution < -0.4 is 0 Å². The molecule has 0 saturated carbocycles. The smallest absolute Gasteiger partial charge is 0.418 e. The zero-order chi connectivity index (χ0) is 15.5. The molecule has 1 rings (SSSR count). The lowest BCUT2D eigenvalue weighted by molar-refractivity contribution is -0.140. The summed E-state index contributed by atoms with van der Waals surface area (Å²) in [6, 6.07) is 1.47. The predicted octanol–water partition coefficient (Wildman–Crippen LogP) is 3.09. The highest BCUT2D eigenvalue weighted by Crippen LogP contribution is 2.36. The van der Waals surface area contributed by atoms with Crippen molar-refractivity contribution in [3.63, 3.8) is 0 Å². The number of esters is 1. The summed E-state index contributed by atoms with van der Waals surface area (Å²) in [5, 5.41) is 8.70. The van der Waals surface area contributed by atoms with Gasteiger partial charge >= 0.3 is 12.1 Å². The Labute approximate surface area is 109 Å². The summed E-state index contributed by atoms with van der Waals surface area (Å²) < 4.78 is 67.5. The molecule has 0 N–H and O–H groups in total. The van der Waals surface area contributed by atoms with Gasteiger partial charge in [0.15, 0.2) is 5.69 Å². The van der Waals surface area contributed by atoms with Crippen LogP contribution in [0.3, 0.4) is 0 Å². The van der Waals surface area contributed by atoms with Gasteiger partial charge in [0.1, 0.15) is 11.8 Å². The first kappa shape index (κ1) is 15.8. The number of nitriles is 1. The van der Waals surface area contributed by atoms with Crippen molar-refractivity contribution in [2.45, 2.75) is 19.5 Å². The minimum atomic E-state index is -5.11. The molecule has 0 amide bonds. The fourth-order valence-corrected chi connectivity index (χ4v) is 1.36. The Balaban J connectivity index is 3.54. The van der Waals surface area contributed by atoms with Crippen LogP contribution in [0.15, 0.2) is 6.07 Å². The molecule has 4 nitrogen and oxygen atoms in total. The number of rotatable bonds is 3. The number of ether oxygens (including phenoxy) is 1. The Hall–Kier alpha value is -2.24. The molecule has 9 heteroatoms. The molecule has 0 aromatic carbocycles. The lowest BCUT2D eigenvalue weighted by atomic mass is 10.1. The van der Waals surface area contributed by atoms with Gasteiger partial charge in [0, 0.05) is 0 Å². The Bertz CT molecular complexity index is 563. The SMILES string of the molecule is CCOC(=O)c1nc(C(F)F)c(C(F)(F)F)cc1C#N. The zero-order valence-electron chi connectivity index (χ0n) is 9.96. The van der Waals surface area contributed by atoms with E-state index in [2.05, 4.69) is 9.72 Å². The van der Waals surface area contributed by atoms with Crippen LogP contribution in [0.4, 0.5) is 22.0 Å². The van der Waals surface area contributed by atoms with E-state index in [1.165, 1.54) is 13.0 Å². The van der Waals surface area contributed by atoms with Crippen LogP contribution in [0.5, 0.6) is 0 Å². The highest BCUT2D eigenvalue weighted by molar-refractivity contribution is 5.90. The molecular weight excluding hydrogens is 287 g/mol.